The van der Waals surface area contributed by atoms with E-state index in [0.29, 0.717) is 12.0 Å². The predicted molar refractivity (Wildman–Crippen MR) is 88.3 cm³/mol. The number of rotatable bonds is 4. The molecule has 1 aromatic carbocycles. The highest BCUT2D eigenvalue weighted by Crippen LogP contribution is 2.32. The third-order valence-corrected chi connectivity index (χ3v) is 6.34. The molecule has 1 saturated heterocycles. The van der Waals surface area contributed by atoms with Crippen LogP contribution in [-0.4, -0.2) is 38.9 Å². The number of ether oxygens (including phenoxy) is 2. The number of esters is 1. The Morgan fingerprint density at radius 1 is 1.29 bits per heavy atom. The summed E-state index contributed by atoms with van der Waals surface area (Å²) in [6.07, 6.45) is 2.62. The van der Waals surface area contributed by atoms with Gasteiger partial charge in [0.2, 0.25) is 9.84 Å². The standard InChI is InChI=1S/C17H19NO5S/c1-3-14-12(9-22-17(14)19)8-15-16(18-10-23-15)24(20,21)13-6-4-11(2)5-7-13/h3-7,10,12,15-16H,8-9H2,1-2H3/b14-3-/t12-,15?,16?/m0/s1. The maximum atomic E-state index is 12.8. The molecule has 2 aliphatic heterocycles. The molecule has 1 aromatic rings. The summed E-state index contributed by atoms with van der Waals surface area (Å²) in [6.45, 7) is 3.91. The molecule has 0 aromatic heterocycles. The molecule has 6 nitrogen and oxygen atoms in total. The van der Waals surface area contributed by atoms with Crippen molar-refractivity contribution in [3.8, 4) is 0 Å². The van der Waals surface area contributed by atoms with E-state index in [4.69, 9.17) is 9.47 Å². The number of benzene rings is 1. The summed E-state index contributed by atoms with van der Waals surface area (Å²) in [4.78, 5) is 15.9. The van der Waals surface area contributed by atoms with Crippen molar-refractivity contribution in [2.75, 3.05) is 6.61 Å². The summed E-state index contributed by atoms with van der Waals surface area (Å²) >= 11 is 0. The third kappa shape index (κ3) is 2.96. The van der Waals surface area contributed by atoms with Crippen LogP contribution < -0.4 is 0 Å². The van der Waals surface area contributed by atoms with Crippen LogP contribution in [0.2, 0.25) is 0 Å². The molecule has 0 saturated carbocycles. The van der Waals surface area contributed by atoms with Crippen LogP contribution in [0.25, 0.3) is 0 Å². The van der Waals surface area contributed by atoms with E-state index in [1.54, 1.807) is 37.3 Å². The first-order valence-electron chi connectivity index (χ1n) is 7.74. The van der Waals surface area contributed by atoms with E-state index in [9.17, 15) is 13.2 Å². The Hall–Kier alpha value is -2.15. The van der Waals surface area contributed by atoms with E-state index < -0.39 is 21.3 Å². The highest BCUT2D eigenvalue weighted by molar-refractivity contribution is 7.92. The van der Waals surface area contributed by atoms with Crippen molar-refractivity contribution in [2.24, 2.45) is 10.9 Å². The maximum absolute atomic E-state index is 12.8. The Morgan fingerprint density at radius 2 is 2.00 bits per heavy atom. The molecule has 24 heavy (non-hydrogen) atoms. The molecule has 1 fully saturated rings. The SMILES string of the molecule is C/C=C1\C(=O)OC[C@@H]1CC1OC=NC1S(=O)(=O)c1ccc(C)cc1. The monoisotopic (exact) mass is 349 g/mol. The van der Waals surface area contributed by atoms with Gasteiger partial charge in [0.05, 0.1) is 11.5 Å². The van der Waals surface area contributed by atoms with Gasteiger partial charge >= 0.3 is 5.97 Å². The molecule has 0 spiro atoms. The van der Waals surface area contributed by atoms with Gasteiger partial charge in [-0.3, -0.25) is 0 Å². The lowest BCUT2D eigenvalue weighted by molar-refractivity contribution is -0.135. The molecular weight excluding hydrogens is 330 g/mol. The van der Waals surface area contributed by atoms with Crippen molar-refractivity contribution in [3.63, 3.8) is 0 Å². The van der Waals surface area contributed by atoms with E-state index in [2.05, 4.69) is 4.99 Å². The second-order valence-corrected chi connectivity index (χ2v) is 8.00. The molecule has 0 bridgehead atoms. The number of hydrogen-bond donors (Lipinski definition) is 0. The number of carbonyl (C=O) groups is 1. The Morgan fingerprint density at radius 3 is 2.67 bits per heavy atom. The van der Waals surface area contributed by atoms with Crippen LogP contribution in [0.1, 0.15) is 18.9 Å². The number of aryl methyl sites for hydroxylation is 1. The molecule has 0 aliphatic carbocycles. The summed E-state index contributed by atoms with van der Waals surface area (Å²) in [7, 11) is -3.65. The van der Waals surface area contributed by atoms with Crippen molar-refractivity contribution >= 4 is 22.2 Å². The Bertz CT molecular complexity index is 795. The Kier molecular flexibility index (Phi) is 4.45. The Balaban J connectivity index is 1.81. The lowest BCUT2D eigenvalue weighted by Crippen LogP contribution is -2.32. The summed E-state index contributed by atoms with van der Waals surface area (Å²) in [5.41, 5.74) is 1.55. The molecule has 128 valence electrons. The summed E-state index contributed by atoms with van der Waals surface area (Å²) < 4.78 is 36.1. The second kappa shape index (κ2) is 6.39. The highest BCUT2D eigenvalue weighted by Gasteiger charge is 2.42. The molecule has 0 radical (unpaired) electrons. The largest absolute Gasteiger partial charge is 0.477 e. The van der Waals surface area contributed by atoms with Gasteiger partial charge in [0.25, 0.3) is 0 Å². The van der Waals surface area contributed by atoms with Crippen molar-refractivity contribution in [2.45, 2.75) is 36.6 Å². The van der Waals surface area contributed by atoms with E-state index >= 15 is 0 Å². The summed E-state index contributed by atoms with van der Waals surface area (Å²) in [6, 6.07) is 6.66. The van der Waals surface area contributed by atoms with Crippen LogP contribution >= 0.6 is 0 Å². The van der Waals surface area contributed by atoms with Crippen LogP contribution in [0.3, 0.4) is 0 Å². The zero-order valence-electron chi connectivity index (χ0n) is 13.5. The van der Waals surface area contributed by atoms with Crippen LogP contribution in [0, 0.1) is 12.8 Å². The lowest BCUT2D eigenvalue weighted by Gasteiger charge is -2.20. The van der Waals surface area contributed by atoms with Crippen molar-refractivity contribution in [1.82, 2.24) is 0 Å². The minimum Gasteiger partial charge on any atom is -0.477 e. The molecule has 3 atom stereocenters. The number of allylic oxidation sites excluding steroid dienone is 1. The van der Waals surface area contributed by atoms with Gasteiger partial charge in [-0.2, -0.15) is 0 Å². The minimum atomic E-state index is -3.65. The molecular formula is C17H19NO5S. The zero-order chi connectivity index (χ0) is 17.3. The minimum absolute atomic E-state index is 0.176. The van der Waals surface area contributed by atoms with E-state index in [1.807, 2.05) is 6.92 Å². The summed E-state index contributed by atoms with van der Waals surface area (Å²) in [5, 5.41) is -1.01. The lowest BCUT2D eigenvalue weighted by atomic mass is 9.95. The average molecular weight is 349 g/mol. The third-order valence-electron chi connectivity index (χ3n) is 4.35. The average Bonchev–Trinajstić information content (AvgIpc) is 3.15. The fraction of sp³-hybridized carbons (Fsp3) is 0.412. The molecule has 3 rings (SSSR count). The number of nitrogens with zero attached hydrogens (tertiary/aromatic N) is 1. The molecule has 0 amide bonds. The van der Waals surface area contributed by atoms with Crippen molar-refractivity contribution in [3.05, 3.63) is 41.5 Å². The Labute approximate surface area is 141 Å². The zero-order valence-corrected chi connectivity index (χ0v) is 14.3. The number of sulfone groups is 1. The first-order chi connectivity index (χ1) is 11.4. The van der Waals surface area contributed by atoms with Gasteiger partial charge in [0, 0.05) is 11.5 Å². The van der Waals surface area contributed by atoms with Gasteiger partial charge in [-0.15, -0.1) is 0 Å². The van der Waals surface area contributed by atoms with Crippen LogP contribution in [0.4, 0.5) is 0 Å². The fourth-order valence-electron chi connectivity index (χ4n) is 3.00. The van der Waals surface area contributed by atoms with Gasteiger partial charge < -0.3 is 9.47 Å². The van der Waals surface area contributed by atoms with Crippen molar-refractivity contribution < 1.29 is 22.7 Å². The first-order valence-corrected chi connectivity index (χ1v) is 9.29. The number of carbonyl (C=O) groups excluding carboxylic acids is 1. The van der Waals surface area contributed by atoms with Gasteiger partial charge in [0.15, 0.2) is 11.8 Å². The van der Waals surface area contributed by atoms with E-state index in [-0.39, 0.29) is 23.4 Å². The van der Waals surface area contributed by atoms with Gasteiger partial charge in [-0.25, -0.2) is 18.2 Å². The molecule has 7 heteroatoms. The fourth-order valence-corrected chi connectivity index (χ4v) is 4.58. The molecule has 2 unspecified atom stereocenters. The van der Waals surface area contributed by atoms with Crippen LogP contribution in [-0.2, 0) is 24.1 Å². The van der Waals surface area contributed by atoms with Gasteiger partial charge in [-0.05, 0) is 32.4 Å². The van der Waals surface area contributed by atoms with Crippen LogP contribution in [0.15, 0.2) is 45.8 Å². The topological polar surface area (TPSA) is 82.0 Å². The number of cyclic esters (lactones) is 1. The normalized spacial score (nSPS) is 28.2. The summed E-state index contributed by atoms with van der Waals surface area (Å²) in [5.74, 6) is -0.524. The molecule has 2 heterocycles. The number of hydrogen-bond acceptors (Lipinski definition) is 6. The smallest absolute Gasteiger partial charge is 0.334 e. The number of aliphatic imine (C=N–C) groups is 1. The maximum Gasteiger partial charge on any atom is 0.334 e. The van der Waals surface area contributed by atoms with Crippen LogP contribution in [0.5, 0.6) is 0 Å². The van der Waals surface area contributed by atoms with E-state index in [1.165, 1.54) is 6.40 Å². The highest BCUT2D eigenvalue weighted by atomic mass is 32.2. The predicted octanol–water partition coefficient (Wildman–Crippen LogP) is 2.03. The van der Waals surface area contributed by atoms with Gasteiger partial charge in [0.1, 0.15) is 6.10 Å². The van der Waals surface area contributed by atoms with Gasteiger partial charge in [-0.1, -0.05) is 23.8 Å². The molecule has 2 aliphatic rings. The second-order valence-electron chi connectivity index (χ2n) is 5.95. The quantitative estimate of drug-likeness (QED) is 0.614. The molecule has 0 N–H and O–H groups in total. The first kappa shape index (κ1) is 16.7. The van der Waals surface area contributed by atoms with E-state index in [0.717, 1.165) is 5.56 Å². The van der Waals surface area contributed by atoms with Crippen molar-refractivity contribution in [1.29, 1.82) is 0 Å².